The van der Waals surface area contributed by atoms with Crippen LogP contribution in [-0.2, 0) is 0 Å². The van der Waals surface area contributed by atoms with Gasteiger partial charge in [-0.25, -0.2) is 0 Å². The summed E-state index contributed by atoms with van der Waals surface area (Å²) in [6, 6.07) is 8.46. The van der Waals surface area contributed by atoms with Crippen molar-refractivity contribution in [2.45, 2.75) is 25.7 Å². The van der Waals surface area contributed by atoms with Gasteiger partial charge in [0, 0.05) is 26.4 Å². The molecule has 0 radical (unpaired) electrons. The number of aliphatic imine (C=N–C) groups is 1. The SMILES string of the molecule is C[Si](C)(C)CC/N=C/c1ccccc1O. The molecule has 15 heavy (non-hydrogen) atoms. The quantitative estimate of drug-likeness (QED) is 0.615. The lowest BCUT2D eigenvalue weighted by Gasteiger charge is -2.12. The first-order valence-electron chi connectivity index (χ1n) is 5.27. The van der Waals surface area contributed by atoms with E-state index < -0.39 is 8.07 Å². The van der Waals surface area contributed by atoms with E-state index in [4.69, 9.17) is 0 Å². The van der Waals surface area contributed by atoms with Crippen LogP contribution in [0.25, 0.3) is 0 Å². The van der Waals surface area contributed by atoms with Gasteiger partial charge in [-0.15, -0.1) is 0 Å². The minimum Gasteiger partial charge on any atom is -0.507 e. The maximum atomic E-state index is 9.49. The van der Waals surface area contributed by atoms with Gasteiger partial charge in [-0.3, -0.25) is 4.99 Å². The lowest BCUT2D eigenvalue weighted by Crippen LogP contribution is -2.20. The number of nitrogens with zero attached hydrogens (tertiary/aromatic N) is 1. The fraction of sp³-hybridized carbons (Fsp3) is 0.417. The molecule has 3 heteroatoms. The second kappa shape index (κ2) is 5.12. The summed E-state index contributed by atoms with van der Waals surface area (Å²) in [4.78, 5) is 4.34. The summed E-state index contributed by atoms with van der Waals surface area (Å²) in [5.41, 5.74) is 0.799. The first kappa shape index (κ1) is 12.0. The van der Waals surface area contributed by atoms with Crippen molar-refractivity contribution in [2.75, 3.05) is 6.54 Å². The van der Waals surface area contributed by atoms with E-state index in [1.165, 1.54) is 6.04 Å². The standard InChI is InChI=1S/C12H19NOSi/c1-15(2,3)9-8-13-10-11-6-4-5-7-12(11)14/h4-7,10,14H,8-9H2,1-3H3/b13-10+. The highest BCUT2D eigenvalue weighted by atomic mass is 28.3. The fourth-order valence-electron chi connectivity index (χ4n) is 1.16. The van der Waals surface area contributed by atoms with Crippen LogP contribution in [0.5, 0.6) is 5.75 Å². The van der Waals surface area contributed by atoms with Crippen LogP contribution in [0, 0.1) is 0 Å². The molecule has 0 aliphatic carbocycles. The van der Waals surface area contributed by atoms with Crippen LogP contribution in [0.1, 0.15) is 5.56 Å². The molecule has 1 N–H and O–H groups in total. The summed E-state index contributed by atoms with van der Waals surface area (Å²) in [5.74, 6) is 0.300. The van der Waals surface area contributed by atoms with Gasteiger partial charge in [-0.2, -0.15) is 0 Å². The maximum absolute atomic E-state index is 9.49. The molecule has 0 saturated heterocycles. The Morgan fingerprint density at radius 2 is 1.93 bits per heavy atom. The summed E-state index contributed by atoms with van der Waals surface area (Å²) in [5, 5.41) is 9.49. The first-order chi connectivity index (χ1) is 6.99. The van der Waals surface area contributed by atoms with Gasteiger partial charge in [-0.1, -0.05) is 31.8 Å². The number of rotatable bonds is 4. The summed E-state index contributed by atoms with van der Waals surface area (Å²) in [6.45, 7) is 7.87. The van der Waals surface area contributed by atoms with Gasteiger partial charge >= 0.3 is 0 Å². The molecule has 82 valence electrons. The Morgan fingerprint density at radius 1 is 1.27 bits per heavy atom. The highest BCUT2D eigenvalue weighted by Gasteiger charge is 2.10. The summed E-state index contributed by atoms with van der Waals surface area (Å²) in [7, 11) is -0.985. The lowest BCUT2D eigenvalue weighted by molar-refractivity contribution is 0.474. The number of phenols is 1. The topological polar surface area (TPSA) is 32.6 Å². The lowest BCUT2D eigenvalue weighted by atomic mass is 10.2. The third-order valence-electron chi connectivity index (χ3n) is 2.16. The van der Waals surface area contributed by atoms with Gasteiger partial charge in [-0.05, 0) is 18.2 Å². The summed E-state index contributed by atoms with van der Waals surface area (Å²) in [6.07, 6.45) is 1.76. The molecule has 0 spiro atoms. The molecule has 1 aromatic rings. The Kier molecular flexibility index (Phi) is 4.09. The molecule has 0 heterocycles. The predicted molar refractivity (Wildman–Crippen MR) is 68.7 cm³/mol. The second-order valence-corrected chi connectivity index (χ2v) is 10.5. The molecule has 0 bridgehead atoms. The van der Waals surface area contributed by atoms with Crippen molar-refractivity contribution in [3.05, 3.63) is 29.8 Å². The predicted octanol–water partition coefficient (Wildman–Crippen LogP) is 3.15. The number of benzene rings is 1. The summed E-state index contributed by atoms with van der Waals surface area (Å²) < 4.78 is 0. The van der Waals surface area contributed by atoms with Crippen molar-refractivity contribution in [3.8, 4) is 5.75 Å². The zero-order valence-electron chi connectivity index (χ0n) is 9.70. The molecule has 0 fully saturated rings. The molecule has 0 amide bonds. The zero-order valence-corrected chi connectivity index (χ0v) is 10.7. The van der Waals surface area contributed by atoms with Crippen molar-refractivity contribution in [3.63, 3.8) is 0 Å². The average Bonchev–Trinajstić information content (AvgIpc) is 2.13. The third kappa shape index (κ3) is 4.79. The van der Waals surface area contributed by atoms with Gasteiger partial charge in [0.1, 0.15) is 5.75 Å². The number of hydrogen-bond donors (Lipinski definition) is 1. The molecule has 1 rings (SSSR count). The highest BCUT2D eigenvalue weighted by molar-refractivity contribution is 6.76. The Balaban J connectivity index is 2.49. The van der Waals surface area contributed by atoms with Crippen molar-refractivity contribution in [1.29, 1.82) is 0 Å². The Morgan fingerprint density at radius 3 is 2.53 bits per heavy atom. The minimum absolute atomic E-state index is 0.300. The Labute approximate surface area is 92.7 Å². The van der Waals surface area contributed by atoms with E-state index >= 15 is 0 Å². The molecule has 0 aliphatic rings. The number of hydrogen-bond acceptors (Lipinski definition) is 2. The largest absolute Gasteiger partial charge is 0.507 e. The normalized spacial score (nSPS) is 12.2. The van der Waals surface area contributed by atoms with Crippen molar-refractivity contribution in [2.24, 2.45) is 4.99 Å². The van der Waals surface area contributed by atoms with E-state index in [0.29, 0.717) is 5.75 Å². The fourth-order valence-corrected chi connectivity index (χ4v) is 1.96. The maximum Gasteiger partial charge on any atom is 0.124 e. The molecule has 0 saturated carbocycles. The Bertz CT molecular complexity index is 342. The van der Waals surface area contributed by atoms with Crippen LogP contribution in [-0.4, -0.2) is 25.9 Å². The van der Waals surface area contributed by atoms with Crippen LogP contribution in [0.15, 0.2) is 29.3 Å². The van der Waals surface area contributed by atoms with E-state index in [9.17, 15) is 5.11 Å². The molecule has 0 aromatic heterocycles. The van der Waals surface area contributed by atoms with Gasteiger partial charge in [0.2, 0.25) is 0 Å². The Hall–Kier alpha value is -1.09. The monoisotopic (exact) mass is 221 g/mol. The van der Waals surface area contributed by atoms with Gasteiger partial charge in [0.25, 0.3) is 0 Å². The van der Waals surface area contributed by atoms with E-state index in [-0.39, 0.29) is 0 Å². The summed E-state index contributed by atoms with van der Waals surface area (Å²) >= 11 is 0. The smallest absolute Gasteiger partial charge is 0.124 e. The molecular formula is C12H19NOSi. The van der Waals surface area contributed by atoms with E-state index in [0.717, 1.165) is 12.1 Å². The van der Waals surface area contributed by atoms with Crippen LogP contribution < -0.4 is 0 Å². The minimum atomic E-state index is -0.985. The van der Waals surface area contributed by atoms with Crippen LogP contribution in [0.3, 0.4) is 0 Å². The molecule has 0 aliphatic heterocycles. The van der Waals surface area contributed by atoms with E-state index in [2.05, 4.69) is 24.6 Å². The van der Waals surface area contributed by atoms with Crippen molar-refractivity contribution < 1.29 is 5.11 Å². The molecule has 1 aromatic carbocycles. The van der Waals surface area contributed by atoms with E-state index in [1.807, 2.05) is 18.2 Å². The van der Waals surface area contributed by atoms with Crippen molar-refractivity contribution in [1.82, 2.24) is 0 Å². The van der Waals surface area contributed by atoms with Gasteiger partial charge in [0.05, 0.1) is 0 Å². The van der Waals surface area contributed by atoms with Crippen LogP contribution >= 0.6 is 0 Å². The number of aromatic hydroxyl groups is 1. The highest BCUT2D eigenvalue weighted by Crippen LogP contribution is 2.13. The average molecular weight is 221 g/mol. The molecular weight excluding hydrogens is 202 g/mol. The second-order valence-electron chi connectivity index (χ2n) is 4.90. The molecule has 0 unspecified atom stereocenters. The van der Waals surface area contributed by atoms with Crippen LogP contribution in [0.2, 0.25) is 25.7 Å². The van der Waals surface area contributed by atoms with Crippen molar-refractivity contribution >= 4 is 14.3 Å². The van der Waals surface area contributed by atoms with Gasteiger partial charge < -0.3 is 5.11 Å². The third-order valence-corrected chi connectivity index (χ3v) is 3.88. The van der Waals surface area contributed by atoms with E-state index in [1.54, 1.807) is 12.3 Å². The zero-order chi connectivity index (χ0) is 11.3. The number of phenolic OH excluding ortho intramolecular Hbond substituents is 1. The first-order valence-corrected chi connectivity index (χ1v) is 8.97. The molecule has 0 atom stereocenters. The molecule has 2 nitrogen and oxygen atoms in total. The van der Waals surface area contributed by atoms with Gasteiger partial charge in [0.15, 0.2) is 0 Å². The van der Waals surface area contributed by atoms with Crippen LogP contribution in [0.4, 0.5) is 0 Å². The number of para-hydroxylation sites is 1.